The number of nitrogens with one attached hydrogen (secondary N) is 3. The molecule has 3 aromatic rings. The average Bonchev–Trinajstić information content (AvgIpc) is 3.91. The third kappa shape index (κ3) is 10.0. The summed E-state index contributed by atoms with van der Waals surface area (Å²) >= 11 is 8.65. The van der Waals surface area contributed by atoms with E-state index in [-0.39, 0.29) is 36.9 Å². The molecule has 2 aliphatic heterocycles. The van der Waals surface area contributed by atoms with Gasteiger partial charge in [0.15, 0.2) is 5.13 Å². The Kier molecular flexibility index (Phi) is 13.2. The minimum Gasteiger partial charge on any atom is -0.491 e. The van der Waals surface area contributed by atoms with Gasteiger partial charge in [-0.25, -0.2) is 19.6 Å². The van der Waals surface area contributed by atoms with Gasteiger partial charge in [0.25, 0.3) is 0 Å². The Morgan fingerprint density at radius 1 is 1.06 bits per heavy atom. The molecular formula is C46H62ClN7O8S. The van der Waals surface area contributed by atoms with Gasteiger partial charge >= 0.3 is 12.1 Å². The zero-order valence-corrected chi connectivity index (χ0v) is 38.8. The monoisotopic (exact) mass is 907 g/mol. The smallest absolute Gasteiger partial charge is 0.408 e. The van der Waals surface area contributed by atoms with Crippen LogP contribution in [0.15, 0.2) is 23.6 Å². The highest BCUT2D eigenvalue weighted by molar-refractivity contribution is 7.14. The van der Waals surface area contributed by atoms with E-state index in [9.17, 15) is 24.3 Å². The highest BCUT2D eigenvalue weighted by Gasteiger charge is 2.61. The third-order valence-electron chi connectivity index (χ3n) is 13.6. The number of alkyl carbamates (subject to hydrolysis) is 1. The summed E-state index contributed by atoms with van der Waals surface area (Å²) in [5, 5.41) is 23.3. The van der Waals surface area contributed by atoms with Crippen LogP contribution in [0.3, 0.4) is 0 Å². The molecule has 2 saturated heterocycles. The van der Waals surface area contributed by atoms with Gasteiger partial charge in [-0.2, -0.15) is 0 Å². The summed E-state index contributed by atoms with van der Waals surface area (Å²) in [6.07, 6.45) is 3.67. The van der Waals surface area contributed by atoms with Crippen molar-refractivity contribution < 1.29 is 38.5 Å². The summed E-state index contributed by atoms with van der Waals surface area (Å²) in [5.74, 6) is -0.710. The lowest BCUT2D eigenvalue weighted by Crippen LogP contribution is -2.59. The lowest BCUT2D eigenvalue weighted by Gasteiger charge is -2.35. The maximum absolute atomic E-state index is 14.9. The number of anilines is 1. The number of carboxylic acid groups (broad SMARTS) is 1. The minimum atomic E-state index is -1.38. The summed E-state index contributed by atoms with van der Waals surface area (Å²) in [6, 6.07) is 4.01. The highest BCUT2D eigenvalue weighted by atomic mass is 35.5. The van der Waals surface area contributed by atoms with Crippen LogP contribution in [0.2, 0.25) is 5.02 Å². The van der Waals surface area contributed by atoms with Gasteiger partial charge in [0.05, 0.1) is 24.4 Å². The van der Waals surface area contributed by atoms with E-state index in [0.717, 1.165) is 48.6 Å². The summed E-state index contributed by atoms with van der Waals surface area (Å²) in [6.45, 7) is 16.1. The lowest BCUT2D eigenvalue weighted by molar-refractivity contribution is -0.146. The number of fused-ring (bicyclic) bond motifs is 2. The van der Waals surface area contributed by atoms with Gasteiger partial charge in [-0.1, -0.05) is 45.7 Å². The van der Waals surface area contributed by atoms with Crippen LogP contribution >= 0.6 is 22.9 Å². The van der Waals surface area contributed by atoms with Crippen LogP contribution in [0.5, 0.6) is 5.75 Å². The number of likely N-dealkylation sites (tertiary alicyclic amines) is 1. The first-order valence-electron chi connectivity index (χ1n) is 22.6. The molecule has 8 atom stereocenters. The van der Waals surface area contributed by atoms with Crippen LogP contribution in [0.4, 0.5) is 9.93 Å². The number of carbonyl (C=O) groups excluding carboxylic acids is 3. The number of hydrogen-bond acceptors (Lipinski definition) is 12. The van der Waals surface area contributed by atoms with Crippen LogP contribution in [0.25, 0.3) is 22.3 Å². The van der Waals surface area contributed by atoms with Gasteiger partial charge in [0.2, 0.25) is 11.8 Å². The summed E-state index contributed by atoms with van der Waals surface area (Å²) in [7, 11) is 0. The van der Waals surface area contributed by atoms with Gasteiger partial charge in [-0.05, 0) is 105 Å². The fourth-order valence-corrected chi connectivity index (χ4v) is 11.0. The Morgan fingerprint density at radius 2 is 1.81 bits per heavy atom. The highest BCUT2D eigenvalue weighted by Crippen LogP contribution is 2.52. The summed E-state index contributed by atoms with van der Waals surface area (Å²) in [5.41, 5.74) is 0.632. The van der Waals surface area contributed by atoms with Gasteiger partial charge in [-0.15, -0.1) is 11.3 Å². The molecule has 63 heavy (non-hydrogen) atoms. The largest absolute Gasteiger partial charge is 0.491 e. The molecule has 3 aliphatic carbocycles. The van der Waals surface area contributed by atoms with Crippen LogP contribution < -0.4 is 20.7 Å². The van der Waals surface area contributed by atoms with Gasteiger partial charge < -0.3 is 40.2 Å². The first-order chi connectivity index (χ1) is 30.0. The number of hydrogen-bond donors (Lipinski definition) is 4. The predicted molar refractivity (Wildman–Crippen MR) is 241 cm³/mol. The van der Waals surface area contributed by atoms with Crippen molar-refractivity contribution in [3.05, 3.63) is 34.2 Å². The van der Waals surface area contributed by atoms with Crippen molar-refractivity contribution in [2.75, 3.05) is 51.3 Å². The van der Waals surface area contributed by atoms with E-state index in [2.05, 4.69) is 34.7 Å². The van der Waals surface area contributed by atoms with Crippen LogP contribution in [-0.4, -0.2) is 125 Å². The number of aromatic nitrogens is 2. The van der Waals surface area contributed by atoms with E-state index in [1.54, 1.807) is 4.90 Å². The first kappa shape index (κ1) is 45.3. The summed E-state index contributed by atoms with van der Waals surface area (Å²) < 4.78 is 17.6. The molecule has 3 unspecified atom stereocenters. The number of amides is 3. The Labute approximate surface area is 378 Å². The van der Waals surface area contributed by atoms with E-state index in [0.29, 0.717) is 78.6 Å². The molecule has 0 spiro atoms. The molecule has 1 aromatic carbocycles. The molecule has 15 nitrogen and oxygen atoms in total. The molecule has 17 heteroatoms. The minimum absolute atomic E-state index is 0.176. The molecular weight excluding hydrogens is 846 g/mol. The van der Waals surface area contributed by atoms with Crippen molar-refractivity contribution in [2.45, 2.75) is 116 Å². The number of pyridine rings is 1. The molecule has 3 saturated carbocycles. The number of aliphatic carboxylic acids is 1. The Balaban J connectivity index is 1.09. The Bertz CT molecular complexity index is 2200. The number of carbonyl (C=O) groups is 4. The maximum atomic E-state index is 14.9. The standard InChI is InChI=1S/C46H62ClN7O8S/c1-7-30-22-46(30,42(57)58)52-40(55)35-17-26(23-54(35)41(56)39(45(4,5)6)51-44(59)62-31-19-27-18-28(27)20-31)16-29-21-33(34-24-63-43(50-34)48-25(2)3)49-38-32(29)8-9-36(37(38)47)61-15-12-53-10-13-60-14-11-53/h8-9,21,24-28,30-31,35,39H,7,10-20,22-23H2,1-6H3,(H,48,50)(H,51,59)(H,52,55)(H,57,58)/t26-,27-,28?,30-,31?,35+,39-,46?/m1/s1. The second-order valence-corrected chi connectivity index (χ2v) is 20.9. The van der Waals surface area contributed by atoms with Crippen molar-refractivity contribution in [2.24, 2.45) is 29.1 Å². The number of nitrogens with zero attached hydrogens (tertiary/aromatic N) is 4. The fraction of sp³-hybridized carbons (Fsp3) is 0.652. The SMILES string of the molecule is CC[C@@H]1CC1(NC(=O)[C@@H]1C[C@@H](Cc2cc(-c3csc(NC(C)C)n3)nc3c(Cl)c(OCCN4CCOCC4)ccc23)CN1C(=O)[C@@H](NC(=O)OC1CC2C[C@@H]2C1)C(C)(C)C)C(=O)O. The average molecular weight is 909 g/mol. The topological polar surface area (TPSA) is 185 Å². The molecule has 8 rings (SSSR count). The van der Waals surface area contributed by atoms with Crippen molar-refractivity contribution in [3.63, 3.8) is 0 Å². The van der Waals surface area contributed by atoms with E-state index < -0.39 is 46.9 Å². The van der Waals surface area contributed by atoms with E-state index in [1.807, 2.05) is 51.3 Å². The molecule has 342 valence electrons. The van der Waals surface area contributed by atoms with Crippen LogP contribution in [-0.2, 0) is 30.3 Å². The third-order valence-corrected chi connectivity index (χ3v) is 14.7. The Morgan fingerprint density at radius 3 is 2.48 bits per heavy atom. The number of halogens is 1. The number of carboxylic acids is 1. The maximum Gasteiger partial charge on any atom is 0.408 e. The van der Waals surface area contributed by atoms with Crippen LogP contribution in [0, 0.1) is 29.1 Å². The fourth-order valence-electron chi connectivity index (χ4n) is 9.88. The molecule has 4 N–H and O–H groups in total. The number of rotatable bonds is 16. The number of ether oxygens (including phenoxy) is 3. The molecule has 5 aliphatic rings. The Hall–Kier alpha value is -4.25. The van der Waals surface area contributed by atoms with Crippen LogP contribution in [0.1, 0.15) is 85.6 Å². The zero-order valence-electron chi connectivity index (χ0n) is 37.2. The van der Waals surface area contributed by atoms with E-state index >= 15 is 0 Å². The quantitative estimate of drug-likeness (QED) is 0.121. The second kappa shape index (κ2) is 18.3. The number of thiazole rings is 1. The second-order valence-electron chi connectivity index (χ2n) is 19.7. The van der Waals surface area contributed by atoms with Gasteiger partial charge in [0.1, 0.15) is 46.8 Å². The zero-order chi connectivity index (χ0) is 44.8. The molecule has 3 amide bonds. The van der Waals surface area contributed by atoms with Gasteiger partial charge in [0, 0.05) is 43.0 Å². The molecule has 0 bridgehead atoms. The first-order valence-corrected chi connectivity index (χ1v) is 23.9. The lowest BCUT2D eigenvalue weighted by atomic mass is 9.85. The van der Waals surface area contributed by atoms with Crippen molar-refractivity contribution in [1.29, 1.82) is 0 Å². The number of morpholine rings is 1. The van der Waals surface area contributed by atoms with E-state index in [1.165, 1.54) is 17.8 Å². The molecule has 0 radical (unpaired) electrons. The summed E-state index contributed by atoms with van der Waals surface area (Å²) in [4.78, 5) is 68.9. The molecule has 5 fully saturated rings. The normalized spacial score (nSPS) is 27.2. The van der Waals surface area contributed by atoms with Crippen molar-refractivity contribution >= 4 is 62.8 Å². The van der Waals surface area contributed by atoms with Gasteiger partial charge in [-0.3, -0.25) is 14.5 Å². The number of benzene rings is 1. The van der Waals surface area contributed by atoms with Crippen molar-refractivity contribution in [1.82, 2.24) is 30.4 Å². The van der Waals surface area contributed by atoms with Crippen molar-refractivity contribution in [3.8, 4) is 17.1 Å². The molecule has 2 aromatic heterocycles. The predicted octanol–water partition coefficient (Wildman–Crippen LogP) is 6.61. The van der Waals surface area contributed by atoms with E-state index in [4.69, 9.17) is 35.8 Å². The molecule has 4 heterocycles.